The molecule has 0 radical (unpaired) electrons. The van der Waals surface area contributed by atoms with Crippen molar-refractivity contribution in [1.29, 1.82) is 0 Å². The van der Waals surface area contributed by atoms with Crippen LogP contribution in [0.25, 0.3) is 0 Å². The summed E-state index contributed by atoms with van der Waals surface area (Å²) in [6, 6.07) is 6.94. The molecule has 1 aromatic heterocycles. The number of hydrogen-bond donors (Lipinski definition) is 0. The molecule has 3 saturated heterocycles. The molecule has 4 heterocycles. The maximum atomic E-state index is 5.19. The lowest BCUT2D eigenvalue weighted by Crippen LogP contribution is -2.43. The predicted molar refractivity (Wildman–Crippen MR) is 84.1 cm³/mol. The third-order valence-electron chi connectivity index (χ3n) is 4.82. The molecule has 0 amide bonds. The highest BCUT2D eigenvalue weighted by atomic mass is 16.5. The summed E-state index contributed by atoms with van der Waals surface area (Å²) in [4.78, 5) is 9.81. The number of piperidine rings is 1. The average Bonchev–Trinajstić information content (AvgIpc) is 2.79. The van der Waals surface area contributed by atoms with Gasteiger partial charge in [0.05, 0.1) is 5.69 Å². The highest BCUT2D eigenvalue weighted by molar-refractivity contribution is 5.04. The Morgan fingerprint density at radius 1 is 1.24 bits per heavy atom. The van der Waals surface area contributed by atoms with Crippen molar-refractivity contribution in [3.05, 3.63) is 30.1 Å². The first kappa shape index (κ1) is 14.9. The Morgan fingerprint density at radius 2 is 2.19 bits per heavy atom. The second-order valence-corrected chi connectivity index (χ2v) is 6.45. The Morgan fingerprint density at radius 3 is 3.00 bits per heavy atom. The number of ether oxygens (including phenoxy) is 1. The molecule has 0 aliphatic carbocycles. The van der Waals surface area contributed by atoms with E-state index in [0.717, 1.165) is 25.5 Å². The summed E-state index contributed by atoms with van der Waals surface area (Å²) in [5, 5.41) is 0. The zero-order valence-corrected chi connectivity index (χ0v) is 13.1. The second kappa shape index (κ2) is 7.34. The van der Waals surface area contributed by atoms with Gasteiger partial charge in [-0.2, -0.15) is 0 Å². The molecule has 21 heavy (non-hydrogen) atoms. The van der Waals surface area contributed by atoms with E-state index in [1.165, 1.54) is 44.7 Å². The molecule has 3 aliphatic rings. The molecule has 1 aromatic rings. The lowest BCUT2D eigenvalue weighted by atomic mass is 9.95. The number of methoxy groups -OCH3 is 1. The van der Waals surface area contributed by atoms with E-state index in [1.807, 2.05) is 12.3 Å². The van der Waals surface area contributed by atoms with Gasteiger partial charge < -0.3 is 9.64 Å². The van der Waals surface area contributed by atoms with Crippen LogP contribution in [0.15, 0.2) is 24.4 Å². The molecule has 0 saturated carbocycles. The third kappa shape index (κ3) is 4.02. The molecule has 116 valence electrons. The van der Waals surface area contributed by atoms with E-state index in [-0.39, 0.29) is 0 Å². The minimum atomic E-state index is 0.702. The first-order chi connectivity index (χ1) is 10.3. The van der Waals surface area contributed by atoms with Gasteiger partial charge in [0.15, 0.2) is 0 Å². The molecular weight excluding hydrogens is 262 g/mol. The number of aromatic nitrogens is 1. The van der Waals surface area contributed by atoms with E-state index in [9.17, 15) is 0 Å². The summed E-state index contributed by atoms with van der Waals surface area (Å²) in [6.45, 7) is 6.78. The lowest BCUT2D eigenvalue weighted by molar-refractivity contribution is 0.121. The zero-order valence-electron chi connectivity index (χ0n) is 13.1. The lowest BCUT2D eigenvalue weighted by Gasteiger charge is -2.35. The van der Waals surface area contributed by atoms with Gasteiger partial charge in [0.1, 0.15) is 0 Å². The molecule has 0 unspecified atom stereocenters. The van der Waals surface area contributed by atoms with E-state index in [4.69, 9.17) is 4.74 Å². The van der Waals surface area contributed by atoms with E-state index in [0.29, 0.717) is 6.04 Å². The molecule has 0 aromatic carbocycles. The first-order valence-corrected chi connectivity index (χ1v) is 8.20. The van der Waals surface area contributed by atoms with Crippen LogP contribution in [0, 0.1) is 5.92 Å². The van der Waals surface area contributed by atoms with Crippen LogP contribution in [-0.4, -0.2) is 60.7 Å². The van der Waals surface area contributed by atoms with Crippen molar-refractivity contribution in [1.82, 2.24) is 14.8 Å². The van der Waals surface area contributed by atoms with Crippen molar-refractivity contribution in [3.63, 3.8) is 0 Å². The van der Waals surface area contributed by atoms with Gasteiger partial charge in [-0.3, -0.25) is 9.88 Å². The Hall–Kier alpha value is -0.970. The molecule has 3 aliphatic heterocycles. The molecule has 2 atom stereocenters. The van der Waals surface area contributed by atoms with Crippen molar-refractivity contribution >= 4 is 0 Å². The molecular formula is C17H27N3O. The van der Waals surface area contributed by atoms with Crippen LogP contribution in [0.3, 0.4) is 0 Å². The molecule has 4 rings (SSSR count). The van der Waals surface area contributed by atoms with Crippen LogP contribution >= 0.6 is 0 Å². The Labute approximate surface area is 128 Å². The SMILES string of the molecule is COCCCN1C[C@H]2CC[C@@H](C1)N(Cc1ccccn1)C2. The largest absolute Gasteiger partial charge is 0.385 e. The number of rotatable bonds is 6. The molecule has 4 heteroatoms. The summed E-state index contributed by atoms with van der Waals surface area (Å²) in [7, 11) is 1.79. The van der Waals surface area contributed by atoms with Crippen molar-refractivity contribution in [2.45, 2.75) is 31.8 Å². The van der Waals surface area contributed by atoms with Crippen molar-refractivity contribution < 1.29 is 4.74 Å². The molecule has 3 fully saturated rings. The third-order valence-corrected chi connectivity index (χ3v) is 4.82. The Bertz CT molecular complexity index is 425. The molecule has 0 spiro atoms. The van der Waals surface area contributed by atoms with Crippen LogP contribution in [0.4, 0.5) is 0 Å². The highest BCUT2D eigenvalue weighted by Gasteiger charge is 2.34. The monoisotopic (exact) mass is 289 g/mol. The van der Waals surface area contributed by atoms with Gasteiger partial charge in [-0.15, -0.1) is 0 Å². The van der Waals surface area contributed by atoms with Gasteiger partial charge in [0.2, 0.25) is 0 Å². The predicted octanol–water partition coefficient (Wildman–Crippen LogP) is 2.01. The van der Waals surface area contributed by atoms with Crippen molar-refractivity contribution in [3.8, 4) is 0 Å². The summed E-state index contributed by atoms with van der Waals surface area (Å²) in [5.41, 5.74) is 1.20. The summed E-state index contributed by atoms with van der Waals surface area (Å²) >= 11 is 0. The van der Waals surface area contributed by atoms with Gasteiger partial charge in [-0.05, 0) is 37.3 Å². The van der Waals surface area contributed by atoms with Crippen molar-refractivity contribution in [2.24, 2.45) is 5.92 Å². The standard InChI is InChI=1S/C17H27N3O/c1-21-10-4-9-19-11-15-6-7-17(14-19)20(12-15)13-16-5-2-3-8-18-16/h2-3,5,8,15,17H,4,6-7,9-14H2,1H3/t15-,17+/m1/s1. The topological polar surface area (TPSA) is 28.6 Å². The second-order valence-electron chi connectivity index (χ2n) is 6.45. The Balaban J connectivity index is 1.58. The van der Waals surface area contributed by atoms with Crippen LogP contribution in [0.2, 0.25) is 0 Å². The fourth-order valence-corrected chi connectivity index (χ4v) is 3.78. The minimum Gasteiger partial charge on any atom is -0.385 e. The maximum Gasteiger partial charge on any atom is 0.0544 e. The number of fused-ring (bicyclic) bond motifs is 4. The van der Waals surface area contributed by atoms with Crippen molar-refractivity contribution in [2.75, 3.05) is 39.9 Å². The maximum absolute atomic E-state index is 5.19. The number of pyridine rings is 1. The van der Waals surface area contributed by atoms with Gasteiger partial charge in [0.25, 0.3) is 0 Å². The number of nitrogens with zero attached hydrogens (tertiary/aromatic N) is 3. The van der Waals surface area contributed by atoms with Crippen LogP contribution < -0.4 is 0 Å². The first-order valence-electron chi connectivity index (χ1n) is 8.20. The molecule has 4 nitrogen and oxygen atoms in total. The van der Waals surface area contributed by atoms with Gasteiger partial charge in [-0.1, -0.05) is 6.07 Å². The summed E-state index contributed by atoms with van der Waals surface area (Å²) in [5.74, 6) is 0.829. The van der Waals surface area contributed by atoms with Gasteiger partial charge in [-0.25, -0.2) is 0 Å². The smallest absolute Gasteiger partial charge is 0.0544 e. The van der Waals surface area contributed by atoms with Crippen LogP contribution in [0.1, 0.15) is 25.0 Å². The summed E-state index contributed by atoms with van der Waals surface area (Å²) in [6.07, 6.45) is 5.79. The quantitative estimate of drug-likeness (QED) is 0.749. The van der Waals surface area contributed by atoms with E-state index in [1.54, 1.807) is 7.11 Å². The minimum absolute atomic E-state index is 0.702. The van der Waals surface area contributed by atoms with Gasteiger partial charge >= 0.3 is 0 Å². The number of hydrogen-bond acceptors (Lipinski definition) is 4. The average molecular weight is 289 g/mol. The van der Waals surface area contributed by atoms with Crippen LogP contribution in [0.5, 0.6) is 0 Å². The van der Waals surface area contributed by atoms with E-state index >= 15 is 0 Å². The van der Waals surface area contributed by atoms with Crippen LogP contribution in [-0.2, 0) is 11.3 Å². The molecule has 2 bridgehead atoms. The van der Waals surface area contributed by atoms with E-state index in [2.05, 4.69) is 26.9 Å². The fourth-order valence-electron chi connectivity index (χ4n) is 3.78. The van der Waals surface area contributed by atoms with E-state index < -0.39 is 0 Å². The fraction of sp³-hybridized carbons (Fsp3) is 0.706. The normalized spacial score (nSPS) is 26.9. The van der Waals surface area contributed by atoms with Gasteiger partial charge in [0, 0.05) is 58.7 Å². The molecule has 0 N–H and O–H groups in total. The highest BCUT2D eigenvalue weighted by Crippen LogP contribution is 2.28. The Kier molecular flexibility index (Phi) is 5.22. The zero-order chi connectivity index (χ0) is 14.5. The summed E-state index contributed by atoms with van der Waals surface area (Å²) < 4.78 is 5.19.